The number of aliphatic hydroxyl groups excluding tert-OH is 1. The Morgan fingerprint density at radius 2 is 2.33 bits per heavy atom. The van der Waals surface area contributed by atoms with Crippen LogP contribution in [0, 0.1) is 5.92 Å². The van der Waals surface area contributed by atoms with Crippen LogP contribution in [0.25, 0.3) is 0 Å². The van der Waals surface area contributed by atoms with Crippen molar-refractivity contribution in [1.82, 2.24) is 0 Å². The molecule has 0 unspecified atom stereocenters. The van der Waals surface area contributed by atoms with Crippen molar-refractivity contribution in [2.45, 2.75) is 12.5 Å². The monoisotopic (exact) mass is 192 g/mol. The summed E-state index contributed by atoms with van der Waals surface area (Å²) in [4.78, 5) is 0. The maximum atomic E-state index is 10.6. The van der Waals surface area contributed by atoms with Gasteiger partial charge >= 0.3 is 0 Å². The van der Waals surface area contributed by atoms with Gasteiger partial charge in [0.05, 0.1) is 19.0 Å². The molecule has 0 aromatic carbocycles. The van der Waals surface area contributed by atoms with Crippen LogP contribution in [0.5, 0.6) is 0 Å². The second-order valence-electron chi connectivity index (χ2n) is 2.88. The highest BCUT2D eigenvalue weighted by molar-refractivity contribution is 7.85. The Labute approximate surface area is 72.0 Å². The third-order valence-electron chi connectivity index (χ3n) is 1.73. The van der Waals surface area contributed by atoms with E-state index in [1.165, 1.54) is 0 Å². The van der Waals surface area contributed by atoms with E-state index in [4.69, 9.17) is 0 Å². The van der Waals surface area contributed by atoms with Gasteiger partial charge in [0.2, 0.25) is 0 Å². The molecule has 4 nitrogen and oxygen atoms in total. The van der Waals surface area contributed by atoms with E-state index in [0.29, 0.717) is 6.42 Å². The largest absolute Gasteiger partial charge is 0.392 e. The molecule has 0 aromatic rings. The van der Waals surface area contributed by atoms with Gasteiger partial charge in [0.1, 0.15) is 0 Å². The van der Waals surface area contributed by atoms with Crippen LogP contribution in [0.2, 0.25) is 0 Å². The Hall–Kier alpha value is -0.390. The Balaban J connectivity index is 2.38. The van der Waals surface area contributed by atoms with E-state index in [-0.39, 0.29) is 12.5 Å². The Bertz CT molecular complexity index is 267. The highest BCUT2D eigenvalue weighted by atomic mass is 32.2. The number of hydrogen-bond donors (Lipinski definition) is 1. The predicted molar refractivity (Wildman–Crippen MR) is 44.0 cm³/mol. The van der Waals surface area contributed by atoms with Gasteiger partial charge in [0.15, 0.2) is 0 Å². The lowest BCUT2D eigenvalue weighted by Crippen LogP contribution is -2.20. The molecule has 1 aliphatic carbocycles. The zero-order chi connectivity index (χ0) is 9.19. The van der Waals surface area contributed by atoms with Crippen LogP contribution in [0.15, 0.2) is 12.2 Å². The summed E-state index contributed by atoms with van der Waals surface area (Å²) in [6.45, 7) is 0.0382. The summed E-state index contributed by atoms with van der Waals surface area (Å²) in [6.07, 6.45) is 4.68. The van der Waals surface area contributed by atoms with Gasteiger partial charge in [-0.05, 0) is 6.42 Å². The minimum Gasteiger partial charge on any atom is -0.392 e. The Morgan fingerprint density at radius 3 is 2.75 bits per heavy atom. The fourth-order valence-corrected chi connectivity index (χ4v) is 1.47. The van der Waals surface area contributed by atoms with Crippen molar-refractivity contribution in [3.8, 4) is 0 Å². The van der Waals surface area contributed by atoms with Crippen molar-refractivity contribution in [1.29, 1.82) is 0 Å². The average Bonchev–Trinajstić information content (AvgIpc) is 2.29. The van der Waals surface area contributed by atoms with Gasteiger partial charge < -0.3 is 5.11 Å². The average molecular weight is 192 g/mol. The molecule has 0 spiro atoms. The molecule has 0 heterocycles. The Morgan fingerprint density at radius 1 is 1.67 bits per heavy atom. The van der Waals surface area contributed by atoms with E-state index in [1.54, 1.807) is 6.08 Å². The summed E-state index contributed by atoms with van der Waals surface area (Å²) in [5, 5.41) is 9.25. The summed E-state index contributed by atoms with van der Waals surface area (Å²) in [6, 6.07) is 0. The van der Waals surface area contributed by atoms with Crippen molar-refractivity contribution in [3.63, 3.8) is 0 Å². The van der Waals surface area contributed by atoms with Gasteiger partial charge in [-0.25, -0.2) is 0 Å². The second kappa shape index (κ2) is 3.55. The lowest BCUT2D eigenvalue weighted by molar-refractivity contribution is 0.113. The van der Waals surface area contributed by atoms with Crippen molar-refractivity contribution >= 4 is 10.1 Å². The molecule has 0 aromatic heterocycles. The predicted octanol–water partition coefficient (Wildman–Crippen LogP) is -0.100. The lowest BCUT2D eigenvalue weighted by Gasteiger charge is -2.12. The SMILES string of the molecule is CS(=O)(=O)OC[C@@H]1C=CC[C@@H]1O. The minimum atomic E-state index is -3.38. The maximum absolute atomic E-state index is 10.6. The van der Waals surface area contributed by atoms with E-state index >= 15 is 0 Å². The van der Waals surface area contributed by atoms with Gasteiger partial charge in [-0.2, -0.15) is 8.42 Å². The quantitative estimate of drug-likeness (QED) is 0.501. The molecule has 0 saturated heterocycles. The van der Waals surface area contributed by atoms with Crippen LogP contribution >= 0.6 is 0 Å². The first-order chi connectivity index (χ1) is 5.49. The first kappa shape index (κ1) is 9.70. The fourth-order valence-electron chi connectivity index (χ4n) is 1.06. The van der Waals surface area contributed by atoms with Crippen LogP contribution in [-0.2, 0) is 14.3 Å². The normalized spacial score (nSPS) is 29.5. The molecule has 1 aliphatic rings. The van der Waals surface area contributed by atoms with Gasteiger partial charge in [-0.3, -0.25) is 4.18 Å². The van der Waals surface area contributed by atoms with Crippen LogP contribution in [-0.4, -0.2) is 32.5 Å². The summed E-state index contributed by atoms with van der Waals surface area (Å²) < 4.78 is 25.7. The molecule has 0 radical (unpaired) electrons. The topological polar surface area (TPSA) is 63.6 Å². The highest BCUT2D eigenvalue weighted by Crippen LogP contribution is 2.18. The molecule has 1 rings (SSSR count). The second-order valence-corrected chi connectivity index (χ2v) is 4.53. The van der Waals surface area contributed by atoms with Gasteiger partial charge in [0, 0.05) is 5.92 Å². The first-order valence-electron chi connectivity index (χ1n) is 3.68. The van der Waals surface area contributed by atoms with Gasteiger partial charge in [0.25, 0.3) is 10.1 Å². The van der Waals surface area contributed by atoms with E-state index < -0.39 is 16.2 Å². The van der Waals surface area contributed by atoms with E-state index in [0.717, 1.165) is 6.26 Å². The van der Waals surface area contributed by atoms with E-state index in [2.05, 4.69) is 4.18 Å². The van der Waals surface area contributed by atoms with Crippen molar-refractivity contribution in [2.24, 2.45) is 5.92 Å². The van der Waals surface area contributed by atoms with Gasteiger partial charge in [-0.1, -0.05) is 12.2 Å². The maximum Gasteiger partial charge on any atom is 0.264 e. The summed E-state index contributed by atoms with van der Waals surface area (Å²) >= 11 is 0. The van der Waals surface area contributed by atoms with Gasteiger partial charge in [-0.15, -0.1) is 0 Å². The van der Waals surface area contributed by atoms with Crippen molar-refractivity contribution < 1.29 is 17.7 Å². The van der Waals surface area contributed by atoms with Crippen molar-refractivity contribution in [2.75, 3.05) is 12.9 Å². The molecule has 0 aliphatic heterocycles. The van der Waals surface area contributed by atoms with Crippen LogP contribution in [0.4, 0.5) is 0 Å². The van der Waals surface area contributed by atoms with E-state index in [9.17, 15) is 13.5 Å². The molecule has 0 bridgehead atoms. The minimum absolute atomic E-state index is 0.0382. The molecule has 0 saturated carbocycles. The smallest absolute Gasteiger partial charge is 0.264 e. The zero-order valence-electron chi connectivity index (χ0n) is 6.80. The number of aliphatic hydroxyl groups is 1. The van der Waals surface area contributed by atoms with Crippen LogP contribution in [0.3, 0.4) is 0 Å². The molecule has 70 valence electrons. The number of hydrogen-bond acceptors (Lipinski definition) is 4. The summed E-state index contributed by atoms with van der Waals surface area (Å²) in [7, 11) is -3.38. The standard InChI is InChI=1S/C7H12O4S/c1-12(9,10)11-5-6-3-2-4-7(6)8/h2-3,6-8H,4-5H2,1H3/t6-,7-/m0/s1. The molecular weight excluding hydrogens is 180 g/mol. The van der Waals surface area contributed by atoms with Crippen LogP contribution in [0.1, 0.15) is 6.42 Å². The number of rotatable bonds is 3. The highest BCUT2D eigenvalue weighted by Gasteiger charge is 2.21. The third-order valence-corrected chi connectivity index (χ3v) is 2.29. The molecule has 5 heteroatoms. The summed E-state index contributed by atoms with van der Waals surface area (Å²) in [5.41, 5.74) is 0. The molecular formula is C7H12O4S. The Kier molecular flexibility index (Phi) is 2.87. The van der Waals surface area contributed by atoms with E-state index in [1.807, 2.05) is 6.08 Å². The van der Waals surface area contributed by atoms with Crippen molar-refractivity contribution in [3.05, 3.63) is 12.2 Å². The molecule has 1 N–H and O–H groups in total. The van der Waals surface area contributed by atoms with Crippen LogP contribution < -0.4 is 0 Å². The molecule has 12 heavy (non-hydrogen) atoms. The summed E-state index contributed by atoms with van der Waals surface area (Å²) in [5.74, 6) is -0.181. The third kappa shape index (κ3) is 2.92. The molecule has 0 fully saturated rings. The molecule has 2 atom stereocenters. The first-order valence-corrected chi connectivity index (χ1v) is 5.50. The zero-order valence-corrected chi connectivity index (χ0v) is 7.62. The fraction of sp³-hybridized carbons (Fsp3) is 0.714. The lowest BCUT2D eigenvalue weighted by atomic mass is 10.1. The molecule has 0 amide bonds.